The summed E-state index contributed by atoms with van der Waals surface area (Å²) in [7, 11) is 2.02. The number of nitrogens with zero attached hydrogens (tertiary/aromatic N) is 3. The number of benzene rings is 2. The second-order valence-corrected chi connectivity index (χ2v) is 6.45. The Labute approximate surface area is 152 Å². The van der Waals surface area contributed by atoms with Crippen LogP contribution in [-0.4, -0.2) is 34.7 Å². The summed E-state index contributed by atoms with van der Waals surface area (Å²) in [6, 6.07) is 17.8. The number of hydrogen-bond donors (Lipinski definition) is 0. The monoisotopic (exact) mass is 351 g/mol. The van der Waals surface area contributed by atoms with Crippen molar-refractivity contribution in [3.05, 3.63) is 71.9 Å². The molecule has 0 aliphatic carbocycles. The van der Waals surface area contributed by atoms with Gasteiger partial charge in [-0.05, 0) is 30.8 Å². The fraction of sp³-hybridized carbons (Fsp3) is 0.300. The Morgan fingerprint density at radius 3 is 2.77 bits per heavy atom. The van der Waals surface area contributed by atoms with E-state index in [2.05, 4.69) is 21.1 Å². The second-order valence-electron chi connectivity index (χ2n) is 6.45. The highest BCUT2D eigenvalue weighted by Crippen LogP contribution is 2.28. The predicted molar refractivity (Wildman–Crippen MR) is 96.0 cm³/mol. The molecular weight excluding hydrogens is 330 g/mol. The van der Waals surface area contributed by atoms with Crippen molar-refractivity contribution in [2.75, 3.05) is 13.6 Å². The lowest BCUT2D eigenvalue weighted by Crippen LogP contribution is -2.31. The molecule has 0 bridgehead atoms. The van der Waals surface area contributed by atoms with Crippen LogP contribution in [-0.2, 0) is 19.6 Å². The van der Waals surface area contributed by atoms with Crippen LogP contribution in [0.3, 0.4) is 0 Å². The largest absolute Gasteiger partial charge is 0.488 e. The molecule has 134 valence electrons. The number of rotatable bonds is 7. The van der Waals surface area contributed by atoms with Crippen LogP contribution in [0, 0.1) is 0 Å². The Hall–Kier alpha value is -2.86. The molecule has 0 spiro atoms. The molecule has 2 heterocycles. The summed E-state index contributed by atoms with van der Waals surface area (Å²) in [5.41, 5.74) is 1.27. The van der Waals surface area contributed by atoms with Gasteiger partial charge < -0.3 is 14.0 Å². The first kappa shape index (κ1) is 16.6. The maximum absolute atomic E-state index is 5.98. The summed E-state index contributed by atoms with van der Waals surface area (Å²) in [4.78, 5) is 6.52. The Bertz CT molecular complexity index is 825. The van der Waals surface area contributed by atoms with E-state index in [0.29, 0.717) is 18.3 Å². The van der Waals surface area contributed by atoms with Gasteiger partial charge in [-0.1, -0.05) is 41.6 Å². The summed E-state index contributed by atoms with van der Waals surface area (Å²) in [5.74, 6) is 2.90. The van der Waals surface area contributed by atoms with Crippen LogP contribution < -0.4 is 9.47 Å². The number of para-hydroxylation sites is 2. The lowest BCUT2D eigenvalue weighted by atomic mass is 10.1. The summed E-state index contributed by atoms with van der Waals surface area (Å²) >= 11 is 0. The lowest BCUT2D eigenvalue weighted by molar-refractivity contribution is 0.155. The van der Waals surface area contributed by atoms with Crippen molar-refractivity contribution in [2.45, 2.75) is 25.7 Å². The Morgan fingerprint density at radius 1 is 1.12 bits per heavy atom. The number of hydrogen-bond acceptors (Lipinski definition) is 6. The van der Waals surface area contributed by atoms with Crippen molar-refractivity contribution in [1.82, 2.24) is 15.0 Å². The first-order chi connectivity index (χ1) is 12.8. The van der Waals surface area contributed by atoms with Gasteiger partial charge in [0.15, 0.2) is 6.61 Å². The van der Waals surface area contributed by atoms with Crippen LogP contribution in [0.1, 0.15) is 17.3 Å². The molecule has 0 N–H and O–H groups in total. The van der Waals surface area contributed by atoms with E-state index in [1.165, 1.54) is 5.56 Å². The average Bonchev–Trinajstić information content (AvgIpc) is 3.26. The minimum absolute atomic E-state index is 0.154. The molecule has 26 heavy (non-hydrogen) atoms. The van der Waals surface area contributed by atoms with E-state index >= 15 is 0 Å². The molecule has 0 saturated heterocycles. The maximum atomic E-state index is 5.98. The lowest BCUT2D eigenvalue weighted by Gasteiger charge is -2.18. The number of ether oxygens (including phenoxy) is 2. The zero-order valence-corrected chi connectivity index (χ0v) is 14.7. The molecular formula is C20H21N3O3. The average molecular weight is 351 g/mol. The topological polar surface area (TPSA) is 60.6 Å². The highest BCUT2D eigenvalue weighted by atomic mass is 16.5. The first-order valence-corrected chi connectivity index (χ1v) is 8.69. The zero-order chi connectivity index (χ0) is 17.8. The Balaban J connectivity index is 1.26. The van der Waals surface area contributed by atoms with Crippen LogP contribution in [0.25, 0.3) is 0 Å². The SMILES string of the molecule is CN(Cc1nc(COc2ccccc2)no1)C[C@H]1Cc2ccccc2O1. The standard InChI is InChI=1S/C20H21N3O3/c1-23(12-17-11-15-7-5-6-10-18(15)25-17)13-20-21-19(22-26-20)14-24-16-8-3-2-4-9-16/h2-10,17H,11-14H2,1H3/t17-/m1/s1. The minimum atomic E-state index is 0.154. The van der Waals surface area contributed by atoms with Gasteiger partial charge in [0.05, 0.1) is 6.54 Å². The van der Waals surface area contributed by atoms with E-state index in [4.69, 9.17) is 14.0 Å². The Morgan fingerprint density at radius 2 is 1.92 bits per heavy atom. The third-order valence-corrected chi connectivity index (χ3v) is 4.26. The molecule has 1 aliphatic rings. The highest BCUT2D eigenvalue weighted by molar-refractivity contribution is 5.37. The van der Waals surface area contributed by atoms with E-state index in [0.717, 1.165) is 24.5 Å². The molecule has 0 unspecified atom stereocenters. The van der Waals surface area contributed by atoms with E-state index in [9.17, 15) is 0 Å². The molecule has 6 nitrogen and oxygen atoms in total. The highest BCUT2D eigenvalue weighted by Gasteiger charge is 2.24. The summed E-state index contributed by atoms with van der Waals surface area (Å²) in [5, 5.41) is 3.98. The molecule has 0 radical (unpaired) electrons. The Kier molecular flexibility index (Phi) is 4.84. The predicted octanol–water partition coefficient (Wildman–Crippen LogP) is 3.08. The van der Waals surface area contributed by atoms with Gasteiger partial charge in [0.2, 0.25) is 11.7 Å². The molecule has 1 aromatic heterocycles. The summed E-state index contributed by atoms with van der Waals surface area (Å²) in [6.07, 6.45) is 1.08. The van der Waals surface area contributed by atoms with Crippen molar-refractivity contribution in [1.29, 1.82) is 0 Å². The smallest absolute Gasteiger partial charge is 0.240 e. The van der Waals surface area contributed by atoms with Crippen molar-refractivity contribution in [3.63, 3.8) is 0 Å². The van der Waals surface area contributed by atoms with Crippen molar-refractivity contribution < 1.29 is 14.0 Å². The van der Waals surface area contributed by atoms with Gasteiger partial charge in [-0.25, -0.2) is 0 Å². The maximum Gasteiger partial charge on any atom is 0.240 e. The summed E-state index contributed by atoms with van der Waals surface area (Å²) < 4.78 is 16.9. The van der Waals surface area contributed by atoms with E-state index in [-0.39, 0.29) is 12.7 Å². The normalized spacial score (nSPS) is 15.7. The second kappa shape index (κ2) is 7.58. The molecule has 2 aromatic carbocycles. The molecule has 1 aliphatic heterocycles. The van der Waals surface area contributed by atoms with Gasteiger partial charge >= 0.3 is 0 Å². The number of likely N-dealkylation sites (N-methyl/N-ethyl adjacent to an activating group) is 1. The fourth-order valence-corrected chi connectivity index (χ4v) is 3.08. The van der Waals surface area contributed by atoms with Crippen LogP contribution in [0.5, 0.6) is 11.5 Å². The van der Waals surface area contributed by atoms with Gasteiger partial charge in [0, 0.05) is 13.0 Å². The summed E-state index contributed by atoms with van der Waals surface area (Å²) in [6.45, 7) is 1.67. The number of aromatic nitrogens is 2. The molecule has 0 saturated carbocycles. The molecule has 0 amide bonds. The fourth-order valence-electron chi connectivity index (χ4n) is 3.08. The third-order valence-electron chi connectivity index (χ3n) is 4.26. The van der Waals surface area contributed by atoms with Crippen molar-refractivity contribution >= 4 is 0 Å². The minimum Gasteiger partial charge on any atom is -0.488 e. The third kappa shape index (κ3) is 4.03. The van der Waals surface area contributed by atoms with E-state index in [1.807, 2.05) is 55.6 Å². The zero-order valence-electron chi connectivity index (χ0n) is 14.7. The van der Waals surface area contributed by atoms with Gasteiger partial charge in [0.1, 0.15) is 17.6 Å². The molecule has 6 heteroatoms. The number of fused-ring (bicyclic) bond motifs is 1. The van der Waals surface area contributed by atoms with Gasteiger partial charge in [-0.3, -0.25) is 4.90 Å². The van der Waals surface area contributed by atoms with Crippen molar-refractivity contribution in [3.8, 4) is 11.5 Å². The van der Waals surface area contributed by atoms with Crippen LogP contribution >= 0.6 is 0 Å². The molecule has 3 aromatic rings. The van der Waals surface area contributed by atoms with Gasteiger partial charge in [-0.15, -0.1) is 0 Å². The molecule has 4 rings (SSSR count). The van der Waals surface area contributed by atoms with Crippen LogP contribution in [0.15, 0.2) is 59.1 Å². The molecule has 0 fully saturated rings. The van der Waals surface area contributed by atoms with Crippen LogP contribution in [0.4, 0.5) is 0 Å². The van der Waals surface area contributed by atoms with E-state index < -0.39 is 0 Å². The van der Waals surface area contributed by atoms with E-state index in [1.54, 1.807) is 0 Å². The molecule has 1 atom stereocenters. The first-order valence-electron chi connectivity index (χ1n) is 8.69. The van der Waals surface area contributed by atoms with Gasteiger partial charge in [-0.2, -0.15) is 4.98 Å². The van der Waals surface area contributed by atoms with Crippen molar-refractivity contribution in [2.24, 2.45) is 0 Å². The quantitative estimate of drug-likeness (QED) is 0.652. The van der Waals surface area contributed by atoms with Gasteiger partial charge in [0.25, 0.3) is 0 Å². The van der Waals surface area contributed by atoms with Crippen LogP contribution in [0.2, 0.25) is 0 Å².